The molecule has 29 heavy (non-hydrogen) atoms. The number of carbonyl (C=O) groups excluding carboxylic acids is 1. The summed E-state index contributed by atoms with van der Waals surface area (Å²) in [7, 11) is 1.09. The van der Waals surface area contributed by atoms with Crippen molar-refractivity contribution in [1.29, 1.82) is 0 Å². The lowest BCUT2D eigenvalue weighted by Gasteiger charge is -2.14. The highest BCUT2D eigenvalue weighted by Crippen LogP contribution is 2.34. The number of benzene rings is 2. The van der Waals surface area contributed by atoms with Crippen molar-refractivity contribution in [3.8, 4) is 0 Å². The minimum absolute atomic E-state index is 0.115. The first-order valence-electron chi connectivity index (χ1n) is 8.80. The monoisotopic (exact) mass is 403 g/mol. The maximum Gasteiger partial charge on any atom is 0.340 e. The predicted molar refractivity (Wildman–Crippen MR) is 105 cm³/mol. The Morgan fingerprint density at radius 1 is 1.14 bits per heavy atom. The van der Waals surface area contributed by atoms with Crippen molar-refractivity contribution in [2.24, 2.45) is 0 Å². The lowest BCUT2D eigenvalue weighted by Crippen LogP contribution is -2.14. The summed E-state index contributed by atoms with van der Waals surface area (Å²) < 4.78 is 10.3. The Labute approximate surface area is 166 Å². The number of carbonyl (C=O) groups is 1. The van der Waals surface area contributed by atoms with Gasteiger partial charge in [-0.2, -0.15) is 0 Å². The quantitative estimate of drug-likeness (QED) is 0.273. The molecule has 0 amide bonds. The molecule has 10 heteroatoms. The maximum atomic E-state index is 12.0. The van der Waals surface area contributed by atoms with Crippen molar-refractivity contribution in [2.45, 2.75) is 19.4 Å². The summed E-state index contributed by atoms with van der Waals surface area (Å²) in [5.41, 5.74) is -0.504. The van der Waals surface area contributed by atoms with E-state index in [1.54, 1.807) is 0 Å². The van der Waals surface area contributed by atoms with Crippen LogP contribution in [-0.4, -0.2) is 36.1 Å². The van der Waals surface area contributed by atoms with Crippen LogP contribution in [-0.2, 0) is 9.47 Å². The van der Waals surface area contributed by atoms with Crippen LogP contribution in [0.4, 0.5) is 17.1 Å². The molecular weight excluding hydrogens is 382 g/mol. The topological polar surface area (TPSA) is 134 Å². The standard InChI is InChI=1S/C19H21N3O7/c1-13(14-7-4-3-5-8-14)29-10-6-9-20-18-16(19(23)28-2)11-15(21(24)25)12-17(18)22(26)27/h3-5,7-8,11-13,20H,6,9-10H2,1-2H3. The van der Waals surface area contributed by atoms with Crippen LogP contribution in [0.15, 0.2) is 42.5 Å². The predicted octanol–water partition coefficient (Wildman–Crippen LogP) is 3.87. The second-order valence-electron chi connectivity index (χ2n) is 6.10. The molecule has 0 saturated carbocycles. The minimum Gasteiger partial charge on any atom is -0.465 e. The number of nitrogens with zero attached hydrogens (tertiary/aromatic N) is 2. The van der Waals surface area contributed by atoms with Gasteiger partial charge in [0, 0.05) is 19.2 Å². The lowest BCUT2D eigenvalue weighted by molar-refractivity contribution is -0.393. The number of hydrogen-bond acceptors (Lipinski definition) is 8. The molecule has 0 aliphatic rings. The number of rotatable bonds is 10. The van der Waals surface area contributed by atoms with Gasteiger partial charge in [-0.25, -0.2) is 4.79 Å². The second-order valence-corrected chi connectivity index (χ2v) is 6.10. The molecule has 0 fully saturated rings. The van der Waals surface area contributed by atoms with Crippen LogP contribution in [0.3, 0.4) is 0 Å². The van der Waals surface area contributed by atoms with Gasteiger partial charge in [-0.3, -0.25) is 20.2 Å². The highest BCUT2D eigenvalue weighted by Gasteiger charge is 2.27. The van der Waals surface area contributed by atoms with Crippen LogP contribution in [0.2, 0.25) is 0 Å². The SMILES string of the molecule is COC(=O)c1cc([N+](=O)[O-])cc([N+](=O)[O-])c1NCCCOC(C)c1ccccc1. The molecule has 2 aromatic carbocycles. The fourth-order valence-electron chi connectivity index (χ4n) is 2.68. The van der Waals surface area contributed by atoms with Crippen molar-refractivity contribution in [2.75, 3.05) is 25.6 Å². The summed E-state index contributed by atoms with van der Waals surface area (Å²) in [4.78, 5) is 32.8. The molecule has 0 aliphatic heterocycles. The van der Waals surface area contributed by atoms with E-state index in [1.807, 2.05) is 37.3 Å². The smallest absolute Gasteiger partial charge is 0.340 e. The fourth-order valence-corrected chi connectivity index (χ4v) is 2.68. The van der Waals surface area contributed by atoms with Crippen molar-refractivity contribution in [1.82, 2.24) is 0 Å². The maximum absolute atomic E-state index is 12.0. The molecule has 1 unspecified atom stereocenters. The van der Waals surface area contributed by atoms with E-state index in [4.69, 9.17) is 4.74 Å². The zero-order chi connectivity index (χ0) is 21.4. The van der Waals surface area contributed by atoms with Gasteiger partial charge in [0.25, 0.3) is 11.4 Å². The molecule has 0 heterocycles. The van der Waals surface area contributed by atoms with Crippen LogP contribution >= 0.6 is 0 Å². The summed E-state index contributed by atoms with van der Waals surface area (Å²) in [6.45, 7) is 2.54. The highest BCUT2D eigenvalue weighted by molar-refractivity contribution is 5.99. The third-order valence-electron chi connectivity index (χ3n) is 4.17. The zero-order valence-electron chi connectivity index (χ0n) is 16.0. The molecule has 0 aromatic heterocycles. The zero-order valence-corrected chi connectivity index (χ0v) is 16.0. The number of nitrogens with one attached hydrogen (secondary N) is 1. The number of nitro groups is 2. The van der Waals surface area contributed by atoms with Gasteiger partial charge in [0.2, 0.25) is 0 Å². The number of ether oxygens (including phenoxy) is 2. The summed E-state index contributed by atoms with van der Waals surface area (Å²) >= 11 is 0. The van der Waals surface area contributed by atoms with Gasteiger partial charge in [-0.05, 0) is 18.9 Å². The molecule has 1 N–H and O–H groups in total. The largest absolute Gasteiger partial charge is 0.465 e. The van der Waals surface area contributed by atoms with Gasteiger partial charge in [0.05, 0.1) is 34.7 Å². The molecule has 0 aliphatic carbocycles. The van der Waals surface area contributed by atoms with E-state index in [2.05, 4.69) is 10.1 Å². The van der Waals surface area contributed by atoms with Gasteiger partial charge in [0.15, 0.2) is 0 Å². The van der Waals surface area contributed by atoms with Crippen LogP contribution in [0.5, 0.6) is 0 Å². The molecule has 0 spiro atoms. The number of methoxy groups -OCH3 is 1. The Balaban J connectivity index is 2.07. The van der Waals surface area contributed by atoms with Crippen molar-refractivity contribution in [3.05, 3.63) is 73.8 Å². The van der Waals surface area contributed by atoms with E-state index in [9.17, 15) is 25.0 Å². The first kappa shape index (κ1) is 21.8. The third kappa shape index (κ3) is 5.72. The van der Waals surface area contributed by atoms with E-state index < -0.39 is 27.2 Å². The summed E-state index contributed by atoms with van der Waals surface area (Å²) in [6, 6.07) is 11.4. The van der Waals surface area contributed by atoms with E-state index >= 15 is 0 Å². The van der Waals surface area contributed by atoms with Gasteiger partial charge >= 0.3 is 5.97 Å². The Hall–Kier alpha value is -3.53. The van der Waals surface area contributed by atoms with E-state index in [1.165, 1.54) is 0 Å². The van der Waals surface area contributed by atoms with Gasteiger partial charge in [-0.1, -0.05) is 30.3 Å². The number of nitro benzene ring substituents is 2. The fraction of sp³-hybridized carbons (Fsp3) is 0.316. The summed E-state index contributed by atoms with van der Waals surface area (Å²) in [5, 5.41) is 25.2. The third-order valence-corrected chi connectivity index (χ3v) is 4.17. The Kier molecular flexibility index (Phi) is 7.61. The van der Waals surface area contributed by atoms with E-state index in [0.717, 1.165) is 24.8 Å². The molecule has 0 radical (unpaired) electrons. The molecule has 1 atom stereocenters. The summed E-state index contributed by atoms with van der Waals surface area (Å²) in [6.07, 6.45) is 0.377. The molecular formula is C19H21N3O7. The Bertz CT molecular complexity index is 887. The minimum atomic E-state index is -0.909. The van der Waals surface area contributed by atoms with Crippen LogP contribution < -0.4 is 5.32 Å². The van der Waals surface area contributed by atoms with Crippen molar-refractivity contribution >= 4 is 23.0 Å². The average Bonchev–Trinajstić information content (AvgIpc) is 2.72. The Morgan fingerprint density at radius 2 is 1.83 bits per heavy atom. The normalized spacial score (nSPS) is 11.5. The van der Waals surface area contributed by atoms with Crippen molar-refractivity contribution < 1.29 is 24.1 Å². The average molecular weight is 403 g/mol. The molecule has 10 nitrogen and oxygen atoms in total. The lowest BCUT2D eigenvalue weighted by atomic mass is 10.1. The molecule has 2 rings (SSSR count). The summed E-state index contributed by atoms with van der Waals surface area (Å²) in [5.74, 6) is -0.909. The molecule has 154 valence electrons. The number of non-ortho nitro benzene ring substituents is 1. The molecule has 2 aromatic rings. The van der Waals surface area contributed by atoms with Gasteiger partial charge in [-0.15, -0.1) is 0 Å². The first-order valence-corrected chi connectivity index (χ1v) is 8.80. The first-order chi connectivity index (χ1) is 13.8. The number of anilines is 1. The van der Waals surface area contributed by atoms with Gasteiger partial charge < -0.3 is 14.8 Å². The molecule has 0 saturated heterocycles. The van der Waals surface area contributed by atoms with Crippen LogP contribution in [0.1, 0.15) is 35.4 Å². The van der Waals surface area contributed by atoms with Gasteiger partial charge in [0.1, 0.15) is 5.69 Å². The number of hydrogen-bond donors (Lipinski definition) is 1. The number of esters is 1. The second kappa shape index (κ2) is 10.1. The van der Waals surface area contributed by atoms with Crippen molar-refractivity contribution in [3.63, 3.8) is 0 Å². The van der Waals surface area contributed by atoms with Crippen LogP contribution in [0.25, 0.3) is 0 Å². The van der Waals surface area contributed by atoms with Crippen LogP contribution in [0, 0.1) is 20.2 Å². The van der Waals surface area contributed by atoms with E-state index in [-0.39, 0.29) is 23.9 Å². The van der Waals surface area contributed by atoms with E-state index in [0.29, 0.717) is 13.0 Å². The Morgan fingerprint density at radius 3 is 2.41 bits per heavy atom. The molecule has 0 bridgehead atoms. The highest BCUT2D eigenvalue weighted by atomic mass is 16.6.